The lowest BCUT2D eigenvalue weighted by Gasteiger charge is -2.27. The number of hydrogen-bond acceptors (Lipinski definition) is 3. The average Bonchev–Trinajstić information content (AvgIpc) is 2.65. The fourth-order valence-electron chi connectivity index (χ4n) is 3.08. The number of aliphatic hydroxyl groups excluding tert-OH is 1. The molecule has 0 radical (unpaired) electrons. The van der Waals surface area contributed by atoms with Crippen molar-refractivity contribution in [1.29, 1.82) is 0 Å². The second-order valence-electron chi connectivity index (χ2n) is 6.04. The standard InChI is InChI=1S/C20H23NO3/c1-2-14-7-9-16(10-8-14)18(13-22)21-20(23)19-17-6-4-3-5-15(17)11-12-24-19/h3-10,18-19,22H,2,11-13H2,1H3,(H,21,23). The second kappa shape index (κ2) is 7.60. The Balaban J connectivity index is 1.75. The van der Waals surface area contributed by atoms with Crippen LogP contribution in [0.1, 0.15) is 41.3 Å². The van der Waals surface area contributed by atoms with Crippen LogP contribution in [0.5, 0.6) is 0 Å². The zero-order chi connectivity index (χ0) is 16.9. The maximum absolute atomic E-state index is 12.7. The van der Waals surface area contributed by atoms with Crippen molar-refractivity contribution >= 4 is 5.91 Å². The molecule has 4 nitrogen and oxygen atoms in total. The van der Waals surface area contributed by atoms with E-state index in [1.54, 1.807) is 0 Å². The highest BCUT2D eigenvalue weighted by Gasteiger charge is 2.28. The van der Waals surface area contributed by atoms with Gasteiger partial charge in [-0.15, -0.1) is 0 Å². The number of ether oxygens (including phenoxy) is 1. The molecule has 24 heavy (non-hydrogen) atoms. The number of carbonyl (C=O) groups is 1. The van der Waals surface area contributed by atoms with Crippen molar-refractivity contribution in [1.82, 2.24) is 5.32 Å². The molecule has 3 rings (SSSR count). The van der Waals surface area contributed by atoms with Crippen LogP contribution in [0.15, 0.2) is 48.5 Å². The van der Waals surface area contributed by atoms with E-state index in [-0.39, 0.29) is 12.5 Å². The van der Waals surface area contributed by atoms with Gasteiger partial charge in [0, 0.05) is 0 Å². The smallest absolute Gasteiger partial charge is 0.254 e. The van der Waals surface area contributed by atoms with E-state index in [4.69, 9.17) is 4.74 Å². The number of nitrogens with one attached hydrogen (secondary N) is 1. The molecule has 0 fully saturated rings. The van der Waals surface area contributed by atoms with Gasteiger partial charge in [0.25, 0.3) is 5.91 Å². The zero-order valence-corrected chi connectivity index (χ0v) is 13.9. The Labute approximate surface area is 142 Å². The number of aliphatic hydroxyl groups is 1. The summed E-state index contributed by atoms with van der Waals surface area (Å²) in [4.78, 5) is 12.7. The molecule has 0 aromatic heterocycles. The number of benzene rings is 2. The second-order valence-corrected chi connectivity index (χ2v) is 6.04. The van der Waals surface area contributed by atoms with E-state index in [1.807, 2.05) is 48.5 Å². The van der Waals surface area contributed by atoms with Gasteiger partial charge in [-0.3, -0.25) is 4.79 Å². The first-order valence-electron chi connectivity index (χ1n) is 8.42. The molecule has 1 aliphatic heterocycles. The summed E-state index contributed by atoms with van der Waals surface area (Å²) in [5, 5.41) is 12.6. The summed E-state index contributed by atoms with van der Waals surface area (Å²) in [5.41, 5.74) is 4.19. The van der Waals surface area contributed by atoms with Crippen LogP contribution < -0.4 is 5.32 Å². The van der Waals surface area contributed by atoms with Gasteiger partial charge in [0.2, 0.25) is 0 Å². The molecule has 0 saturated heterocycles. The molecule has 0 spiro atoms. The van der Waals surface area contributed by atoms with Gasteiger partial charge in [-0.2, -0.15) is 0 Å². The van der Waals surface area contributed by atoms with Crippen LogP contribution in [-0.2, 0) is 22.4 Å². The highest BCUT2D eigenvalue weighted by molar-refractivity contribution is 5.83. The molecule has 2 aromatic carbocycles. The highest BCUT2D eigenvalue weighted by atomic mass is 16.5. The molecule has 0 bridgehead atoms. The summed E-state index contributed by atoms with van der Waals surface area (Å²) in [6.07, 6.45) is 1.17. The van der Waals surface area contributed by atoms with Gasteiger partial charge in [0.15, 0.2) is 6.10 Å². The Bertz CT molecular complexity index is 696. The number of rotatable bonds is 5. The molecular formula is C20H23NO3. The molecule has 2 N–H and O–H groups in total. The minimum Gasteiger partial charge on any atom is -0.394 e. The lowest BCUT2D eigenvalue weighted by atomic mass is 9.96. The summed E-state index contributed by atoms with van der Waals surface area (Å²) in [5.74, 6) is -0.208. The molecule has 1 heterocycles. The third-order valence-electron chi connectivity index (χ3n) is 4.52. The number of fused-ring (bicyclic) bond motifs is 1. The first kappa shape index (κ1) is 16.7. The summed E-state index contributed by atoms with van der Waals surface area (Å²) in [6.45, 7) is 2.48. The molecule has 4 heteroatoms. The summed E-state index contributed by atoms with van der Waals surface area (Å²) in [7, 11) is 0. The minimum atomic E-state index is -0.612. The number of amides is 1. The number of carbonyl (C=O) groups excluding carboxylic acids is 1. The molecule has 0 saturated carbocycles. The Morgan fingerprint density at radius 3 is 2.71 bits per heavy atom. The third-order valence-corrected chi connectivity index (χ3v) is 4.52. The van der Waals surface area contributed by atoms with Gasteiger partial charge < -0.3 is 15.2 Å². The van der Waals surface area contributed by atoms with Crippen molar-refractivity contribution in [3.63, 3.8) is 0 Å². The Morgan fingerprint density at radius 1 is 1.25 bits per heavy atom. The molecule has 1 aliphatic rings. The van der Waals surface area contributed by atoms with Gasteiger partial charge in [0.05, 0.1) is 19.3 Å². The third kappa shape index (κ3) is 3.50. The van der Waals surface area contributed by atoms with Crippen molar-refractivity contribution in [3.8, 4) is 0 Å². The van der Waals surface area contributed by atoms with Crippen LogP contribution in [0.3, 0.4) is 0 Å². The fraction of sp³-hybridized carbons (Fsp3) is 0.350. The van der Waals surface area contributed by atoms with Crippen LogP contribution in [0.2, 0.25) is 0 Å². The highest BCUT2D eigenvalue weighted by Crippen LogP contribution is 2.28. The average molecular weight is 325 g/mol. The van der Waals surface area contributed by atoms with Crippen LogP contribution in [0, 0.1) is 0 Å². The summed E-state index contributed by atoms with van der Waals surface area (Å²) >= 11 is 0. The van der Waals surface area contributed by atoms with Gasteiger partial charge in [-0.25, -0.2) is 0 Å². The molecule has 2 aromatic rings. The Hall–Kier alpha value is -2.17. The molecule has 0 aliphatic carbocycles. The van der Waals surface area contributed by atoms with Crippen molar-refractivity contribution < 1.29 is 14.6 Å². The van der Waals surface area contributed by atoms with E-state index in [1.165, 1.54) is 5.56 Å². The quantitative estimate of drug-likeness (QED) is 0.889. The lowest BCUT2D eigenvalue weighted by molar-refractivity contribution is -0.135. The predicted molar refractivity (Wildman–Crippen MR) is 92.6 cm³/mol. The fourth-order valence-corrected chi connectivity index (χ4v) is 3.08. The van der Waals surface area contributed by atoms with Crippen molar-refractivity contribution in [2.75, 3.05) is 13.2 Å². The van der Waals surface area contributed by atoms with Crippen molar-refractivity contribution in [3.05, 3.63) is 70.8 Å². The first-order chi connectivity index (χ1) is 11.7. The van der Waals surface area contributed by atoms with Gasteiger partial charge >= 0.3 is 0 Å². The SMILES string of the molecule is CCc1ccc(C(CO)NC(=O)C2OCCc3ccccc32)cc1. The predicted octanol–water partition coefficient (Wildman–Crippen LogP) is 2.71. The van der Waals surface area contributed by atoms with E-state index in [0.29, 0.717) is 6.61 Å². The number of hydrogen-bond donors (Lipinski definition) is 2. The van der Waals surface area contributed by atoms with Gasteiger partial charge in [0.1, 0.15) is 0 Å². The molecule has 126 valence electrons. The van der Waals surface area contributed by atoms with Crippen LogP contribution >= 0.6 is 0 Å². The normalized spacial score (nSPS) is 17.8. The zero-order valence-electron chi connectivity index (χ0n) is 13.9. The van der Waals surface area contributed by atoms with E-state index in [2.05, 4.69) is 12.2 Å². The Morgan fingerprint density at radius 2 is 2.00 bits per heavy atom. The topological polar surface area (TPSA) is 58.6 Å². The first-order valence-corrected chi connectivity index (χ1v) is 8.42. The maximum atomic E-state index is 12.7. The molecule has 2 atom stereocenters. The monoisotopic (exact) mass is 325 g/mol. The molecule has 2 unspecified atom stereocenters. The summed E-state index contributed by atoms with van der Waals surface area (Å²) < 4.78 is 5.69. The van der Waals surface area contributed by atoms with Crippen LogP contribution in [0.4, 0.5) is 0 Å². The maximum Gasteiger partial charge on any atom is 0.254 e. The minimum absolute atomic E-state index is 0.147. The van der Waals surface area contributed by atoms with Crippen molar-refractivity contribution in [2.45, 2.75) is 31.9 Å². The summed E-state index contributed by atoms with van der Waals surface area (Å²) in [6, 6.07) is 15.4. The molecule has 1 amide bonds. The van der Waals surface area contributed by atoms with E-state index >= 15 is 0 Å². The van der Waals surface area contributed by atoms with Crippen LogP contribution in [-0.4, -0.2) is 24.2 Å². The van der Waals surface area contributed by atoms with Gasteiger partial charge in [-0.1, -0.05) is 55.5 Å². The molecular weight excluding hydrogens is 302 g/mol. The van der Waals surface area contributed by atoms with Crippen LogP contribution in [0.25, 0.3) is 0 Å². The van der Waals surface area contributed by atoms with E-state index in [0.717, 1.165) is 29.5 Å². The van der Waals surface area contributed by atoms with Crippen molar-refractivity contribution in [2.24, 2.45) is 0 Å². The number of aryl methyl sites for hydroxylation is 1. The Kier molecular flexibility index (Phi) is 5.28. The lowest BCUT2D eigenvalue weighted by Crippen LogP contribution is -2.37. The van der Waals surface area contributed by atoms with E-state index < -0.39 is 12.1 Å². The van der Waals surface area contributed by atoms with Gasteiger partial charge in [-0.05, 0) is 35.1 Å². The van der Waals surface area contributed by atoms with E-state index in [9.17, 15) is 9.90 Å². The largest absolute Gasteiger partial charge is 0.394 e.